The van der Waals surface area contributed by atoms with Crippen molar-refractivity contribution in [3.63, 3.8) is 0 Å². The molecule has 6 heteroatoms. The summed E-state index contributed by atoms with van der Waals surface area (Å²) in [5.74, 6) is 0.258. The summed E-state index contributed by atoms with van der Waals surface area (Å²) in [4.78, 5) is 24.6. The van der Waals surface area contributed by atoms with Gasteiger partial charge in [-0.2, -0.15) is 5.26 Å². The van der Waals surface area contributed by atoms with Crippen LogP contribution in [0.25, 0.3) is 0 Å². The van der Waals surface area contributed by atoms with Crippen LogP contribution < -0.4 is 10.6 Å². The van der Waals surface area contributed by atoms with Crippen molar-refractivity contribution < 1.29 is 9.59 Å². The predicted octanol–water partition coefficient (Wildman–Crippen LogP) is 2.57. The number of anilines is 1. The molecule has 120 valence electrons. The summed E-state index contributed by atoms with van der Waals surface area (Å²) >= 11 is 1.53. The van der Waals surface area contributed by atoms with E-state index in [9.17, 15) is 9.59 Å². The van der Waals surface area contributed by atoms with Gasteiger partial charge in [-0.3, -0.25) is 9.59 Å². The maximum absolute atomic E-state index is 12.1. The second-order valence-corrected chi connectivity index (χ2v) is 6.38. The van der Waals surface area contributed by atoms with Crippen molar-refractivity contribution in [3.05, 3.63) is 59.2 Å². The van der Waals surface area contributed by atoms with Gasteiger partial charge in [0.15, 0.2) is 0 Å². The maximum Gasteiger partial charge on any atom is 0.251 e. The van der Waals surface area contributed by atoms with Crippen LogP contribution in [-0.4, -0.2) is 24.1 Å². The molecule has 0 aromatic heterocycles. The summed E-state index contributed by atoms with van der Waals surface area (Å²) in [6.45, 7) is 0.482. The van der Waals surface area contributed by atoms with Gasteiger partial charge in [0.25, 0.3) is 5.91 Å². The number of nitriles is 1. The zero-order valence-corrected chi connectivity index (χ0v) is 13.7. The summed E-state index contributed by atoms with van der Waals surface area (Å²) < 4.78 is 0. The minimum Gasteiger partial charge on any atom is -0.352 e. The van der Waals surface area contributed by atoms with Crippen molar-refractivity contribution in [2.45, 2.75) is 11.3 Å². The van der Waals surface area contributed by atoms with Gasteiger partial charge in [0.1, 0.15) is 0 Å². The monoisotopic (exact) mass is 337 g/mol. The van der Waals surface area contributed by atoms with Gasteiger partial charge in [-0.25, -0.2) is 0 Å². The first-order valence-corrected chi connectivity index (χ1v) is 8.48. The highest BCUT2D eigenvalue weighted by molar-refractivity contribution is 8.00. The summed E-state index contributed by atoms with van der Waals surface area (Å²) in [5.41, 5.74) is 2.82. The lowest BCUT2D eigenvalue weighted by Gasteiger charge is -2.17. The fourth-order valence-electron chi connectivity index (χ4n) is 2.44. The summed E-state index contributed by atoms with van der Waals surface area (Å²) in [7, 11) is 0. The number of thioether (sulfide) groups is 1. The molecule has 0 saturated heterocycles. The van der Waals surface area contributed by atoms with Gasteiger partial charge in [0.05, 0.1) is 23.1 Å². The van der Waals surface area contributed by atoms with Crippen LogP contribution in [0.5, 0.6) is 0 Å². The van der Waals surface area contributed by atoms with Gasteiger partial charge in [-0.05, 0) is 42.3 Å². The molecule has 0 aliphatic carbocycles. The molecule has 0 atom stereocenters. The number of fused-ring (bicyclic) bond motifs is 1. The number of nitrogens with one attached hydrogen (secondary N) is 2. The van der Waals surface area contributed by atoms with Crippen LogP contribution in [0, 0.1) is 11.3 Å². The van der Waals surface area contributed by atoms with Crippen LogP contribution in [0.2, 0.25) is 0 Å². The van der Waals surface area contributed by atoms with Gasteiger partial charge in [0, 0.05) is 17.0 Å². The fourth-order valence-corrected chi connectivity index (χ4v) is 3.23. The Morgan fingerprint density at radius 1 is 1.29 bits per heavy atom. The second-order valence-electron chi connectivity index (χ2n) is 5.37. The quantitative estimate of drug-likeness (QED) is 0.898. The largest absolute Gasteiger partial charge is 0.352 e. The molecule has 2 aromatic carbocycles. The van der Waals surface area contributed by atoms with Crippen LogP contribution in [0.3, 0.4) is 0 Å². The molecule has 1 aliphatic rings. The van der Waals surface area contributed by atoms with E-state index < -0.39 is 0 Å². The smallest absolute Gasteiger partial charge is 0.251 e. The van der Waals surface area contributed by atoms with Crippen molar-refractivity contribution >= 4 is 29.3 Å². The molecule has 2 amide bonds. The Hall–Kier alpha value is -2.78. The Bertz CT molecular complexity index is 842. The molecular weight excluding hydrogens is 322 g/mol. The van der Waals surface area contributed by atoms with E-state index in [1.54, 1.807) is 24.3 Å². The second kappa shape index (κ2) is 7.20. The predicted molar refractivity (Wildman–Crippen MR) is 93.0 cm³/mol. The first-order valence-electron chi connectivity index (χ1n) is 7.49. The number of nitrogens with zero attached hydrogens (tertiary/aromatic N) is 1. The third kappa shape index (κ3) is 3.76. The summed E-state index contributed by atoms with van der Waals surface area (Å²) in [6, 6.07) is 14.6. The Balaban J connectivity index is 1.58. The average Bonchev–Trinajstić information content (AvgIpc) is 2.61. The Morgan fingerprint density at radius 2 is 2.17 bits per heavy atom. The van der Waals surface area contributed by atoms with Crippen LogP contribution in [-0.2, 0) is 11.2 Å². The maximum atomic E-state index is 12.1. The molecule has 1 aliphatic heterocycles. The topological polar surface area (TPSA) is 82.0 Å². The Kier molecular flexibility index (Phi) is 4.82. The van der Waals surface area contributed by atoms with Crippen LogP contribution in [0.4, 0.5) is 5.69 Å². The van der Waals surface area contributed by atoms with E-state index in [1.807, 2.05) is 24.3 Å². The highest BCUT2D eigenvalue weighted by Gasteiger charge is 2.15. The van der Waals surface area contributed by atoms with Crippen molar-refractivity contribution in [3.8, 4) is 6.07 Å². The number of hydrogen-bond donors (Lipinski definition) is 2. The molecule has 5 nitrogen and oxygen atoms in total. The molecule has 0 spiro atoms. The minimum absolute atomic E-state index is 0.00956. The van der Waals surface area contributed by atoms with Crippen molar-refractivity contribution in [1.82, 2.24) is 5.32 Å². The normalized spacial score (nSPS) is 12.7. The van der Waals surface area contributed by atoms with E-state index in [4.69, 9.17) is 5.26 Å². The molecule has 0 fully saturated rings. The number of carbonyl (C=O) groups excluding carboxylic acids is 2. The highest BCUT2D eigenvalue weighted by atomic mass is 32.2. The Morgan fingerprint density at radius 3 is 3.00 bits per heavy atom. The third-order valence-corrected chi connectivity index (χ3v) is 4.70. The van der Waals surface area contributed by atoms with Crippen molar-refractivity contribution in [2.24, 2.45) is 0 Å². The minimum atomic E-state index is -0.200. The van der Waals surface area contributed by atoms with Gasteiger partial charge in [-0.1, -0.05) is 12.1 Å². The molecule has 24 heavy (non-hydrogen) atoms. The van der Waals surface area contributed by atoms with Crippen molar-refractivity contribution in [1.29, 1.82) is 5.26 Å². The van der Waals surface area contributed by atoms with E-state index in [2.05, 4.69) is 10.6 Å². The average molecular weight is 337 g/mol. The molecule has 1 heterocycles. The summed E-state index contributed by atoms with van der Waals surface area (Å²) in [6.07, 6.45) is 0.664. The van der Waals surface area contributed by atoms with E-state index in [-0.39, 0.29) is 11.8 Å². The molecule has 0 unspecified atom stereocenters. The number of hydrogen-bond acceptors (Lipinski definition) is 4. The van der Waals surface area contributed by atoms with E-state index in [0.29, 0.717) is 29.8 Å². The van der Waals surface area contributed by atoms with Gasteiger partial charge in [-0.15, -0.1) is 11.8 Å². The number of benzene rings is 2. The number of rotatable bonds is 4. The van der Waals surface area contributed by atoms with E-state index >= 15 is 0 Å². The van der Waals surface area contributed by atoms with Crippen molar-refractivity contribution in [2.75, 3.05) is 17.6 Å². The molecule has 2 N–H and O–H groups in total. The lowest BCUT2D eigenvalue weighted by molar-refractivity contribution is -0.113. The number of carbonyl (C=O) groups is 2. The molecular formula is C18H15N3O2S. The first-order chi connectivity index (χ1) is 11.7. The zero-order valence-electron chi connectivity index (χ0n) is 12.8. The third-order valence-electron chi connectivity index (χ3n) is 3.63. The lowest BCUT2D eigenvalue weighted by Crippen LogP contribution is -2.25. The van der Waals surface area contributed by atoms with Gasteiger partial charge >= 0.3 is 0 Å². The fraction of sp³-hybridized carbons (Fsp3) is 0.167. The summed E-state index contributed by atoms with van der Waals surface area (Å²) in [5, 5.41) is 14.6. The van der Waals surface area contributed by atoms with E-state index in [0.717, 1.165) is 16.1 Å². The SMILES string of the molecule is N#Cc1cccc(C(=O)NCCc2ccc3c(c2)NC(=O)CS3)c1. The molecule has 0 radical (unpaired) electrons. The molecule has 3 rings (SSSR count). The zero-order chi connectivity index (χ0) is 16.9. The van der Waals surface area contributed by atoms with Gasteiger partial charge < -0.3 is 10.6 Å². The first kappa shape index (κ1) is 16.1. The Labute approximate surface area is 144 Å². The van der Waals surface area contributed by atoms with E-state index in [1.165, 1.54) is 11.8 Å². The van der Waals surface area contributed by atoms with Crippen LogP contribution in [0.15, 0.2) is 47.4 Å². The number of amides is 2. The standard InChI is InChI=1S/C18H15N3O2S/c19-10-13-2-1-3-14(8-13)18(23)20-7-6-12-4-5-16-15(9-12)21-17(22)11-24-16/h1-5,8-9H,6-7,11H2,(H,20,23)(H,21,22). The molecule has 0 bridgehead atoms. The highest BCUT2D eigenvalue weighted by Crippen LogP contribution is 2.31. The lowest BCUT2D eigenvalue weighted by atomic mass is 10.1. The molecule has 0 saturated carbocycles. The molecule has 2 aromatic rings. The van der Waals surface area contributed by atoms with Crippen LogP contribution in [0.1, 0.15) is 21.5 Å². The van der Waals surface area contributed by atoms with Gasteiger partial charge in [0.2, 0.25) is 5.91 Å². The van der Waals surface area contributed by atoms with Crippen LogP contribution >= 0.6 is 11.8 Å².